The number of hydrogen-bond donors (Lipinski definition) is 1. The average molecular weight is 270 g/mol. The Morgan fingerprint density at radius 1 is 1.00 bits per heavy atom. The third-order valence-electron chi connectivity index (χ3n) is 4.48. The van der Waals surface area contributed by atoms with Crippen molar-refractivity contribution in [2.45, 2.75) is 32.9 Å². The zero-order valence-electron chi connectivity index (χ0n) is 13.0. The molecule has 2 aromatic rings. The topological polar surface area (TPSA) is 29.3 Å². The maximum absolute atomic E-state index is 6.05. The van der Waals surface area contributed by atoms with Crippen molar-refractivity contribution in [1.29, 1.82) is 0 Å². The number of fused-ring (bicyclic) bond motifs is 1. The van der Waals surface area contributed by atoms with Crippen LogP contribution in [-0.2, 0) is 0 Å². The van der Waals surface area contributed by atoms with Gasteiger partial charge in [0.25, 0.3) is 0 Å². The van der Waals surface area contributed by atoms with E-state index in [0.717, 1.165) is 0 Å². The Morgan fingerprint density at radius 2 is 1.65 bits per heavy atom. The molecule has 2 unspecified atom stereocenters. The van der Waals surface area contributed by atoms with Crippen molar-refractivity contribution in [3.05, 3.63) is 48.0 Å². The van der Waals surface area contributed by atoms with Gasteiger partial charge in [-0.3, -0.25) is 4.90 Å². The van der Waals surface area contributed by atoms with Crippen LogP contribution in [0.3, 0.4) is 0 Å². The first-order chi connectivity index (χ1) is 9.54. The Morgan fingerprint density at radius 3 is 2.25 bits per heavy atom. The van der Waals surface area contributed by atoms with Crippen molar-refractivity contribution < 1.29 is 0 Å². The third kappa shape index (κ3) is 3.02. The molecule has 0 bridgehead atoms. The molecule has 0 aliphatic carbocycles. The molecule has 0 saturated carbocycles. The summed E-state index contributed by atoms with van der Waals surface area (Å²) in [6.07, 6.45) is 0. The van der Waals surface area contributed by atoms with Gasteiger partial charge >= 0.3 is 0 Å². The van der Waals surface area contributed by atoms with E-state index in [-0.39, 0.29) is 6.04 Å². The van der Waals surface area contributed by atoms with Crippen molar-refractivity contribution in [2.24, 2.45) is 11.7 Å². The third-order valence-corrected chi connectivity index (χ3v) is 4.48. The zero-order chi connectivity index (χ0) is 14.7. The minimum absolute atomic E-state index is 0.275. The lowest BCUT2D eigenvalue weighted by molar-refractivity contribution is 0.152. The van der Waals surface area contributed by atoms with Crippen LogP contribution in [-0.4, -0.2) is 24.5 Å². The van der Waals surface area contributed by atoms with Gasteiger partial charge in [-0.2, -0.15) is 0 Å². The van der Waals surface area contributed by atoms with Crippen molar-refractivity contribution in [3.63, 3.8) is 0 Å². The largest absolute Gasteiger partial charge is 0.329 e. The molecule has 2 heteroatoms. The smallest absolute Gasteiger partial charge is 0.0470 e. The predicted molar refractivity (Wildman–Crippen MR) is 87.8 cm³/mol. The Kier molecular flexibility index (Phi) is 4.79. The van der Waals surface area contributed by atoms with E-state index in [1.807, 2.05) is 0 Å². The number of likely N-dealkylation sites (N-methyl/N-ethyl adjacent to an activating group) is 1. The lowest BCUT2D eigenvalue weighted by Crippen LogP contribution is -2.39. The van der Waals surface area contributed by atoms with Crippen LogP contribution in [0, 0.1) is 5.92 Å². The van der Waals surface area contributed by atoms with Crippen LogP contribution in [0.2, 0.25) is 0 Å². The molecule has 0 fully saturated rings. The number of benzene rings is 2. The highest BCUT2D eigenvalue weighted by Crippen LogP contribution is 2.26. The van der Waals surface area contributed by atoms with E-state index in [0.29, 0.717) is 18.5 Å². The normalized spacial score (nSPS) is 14.9. The molecule has 2 nitrogen and oxygen atoms in total. The molecule has 0 aliphatic heterocycles. The fourth-order valence-electron chi connectivity index (χ4n) is 2.71. The fourth-order valence-corrected chi connectivity index (χ4v) is 2.71. The Labute approximate surface area is 122 Å². The highest BCUT2D eigenvalue weighted by Gasteiger charge is 2.22. The molecule has 0 saturated heterocycles. The van der Waals surface area contributed by atoms with Gasteiger partial charge in [-0.25, -0.2) is 0 Å². The molecule has 0 radical (unpaired) electrons. The first-order valence-electron chi connectivity index (χ1n) is 7.45. The lowest BCUT2D eigenvalue weighted by Gasteiger charge is -2.35. The molecule has 20 heavy (non-hydrogen) atoms. The summed E-state index contributed by atoms with van der Waals surface area (Å²) in [6.45, 7) is 7.44. The zero-order valence-corrected chi connectivity index (χ0v) is 13.0. The quantitative estimate of drug-likeness (QED) is 0.895. The second kappa shape index (κ2) is 6.38. The van der Waals surface area contributed by atoms with Gasteiger partial charge in [0.05, 0.1) is 0 Å². The summed E-state index contributed by atoms with van der Waals surface area (Å²) in [7, 11) is 2.18. The summed E-state index contributed by atoms with van der Waals surface area (Å²) in [4.78, 5) is 2.40. The van der Waals surface area contributed by atoms with Crippen molar-refractivity contribution in [2.75, 3.05) is 13.6 Å². The van der Waals surface area contributed by atoms with Crippen LogP contribution >= 0.6 is 0 Å². The van der Waals surface area contributed by atoms with Crippen LogP contribution in [0.25, 0.3) is 10.8 Å². The molecule has 2 N–H and O–H groups in total. The Balaban J connectivity index is 2.33. The molecule has 0 amide bonds. The first kappa shape index (κ1) is 15.0. The van der Waals surface area contributed by atoms with Gasteiger partial charge in [0.15, 0.2) is 0 Å². The molecule has 108 valence electrons. The summed E-state index contributed by atoms with van der Waals surface area (Å²) >= 11 is 0. The van der Waals surface area contributed by atoms with E-state index in [1.54, 1.807) is 0 Å². The van der Waals surface area contributed by atoms with E-state index in [2.05, 4.69) is 75.2 Å². The SMILES string of the molecule is CC(C)C(C)N(C)C(CN)c1ccc2ccccc2c1. The van der Waals surface area contributed by atoms with Crippen LogP contribution < -0.4 is 5.73 Å². The second-order valence-corrected chi connectivity index (χ2v) is 6.01. The monoisotopic (exact) mass is 270 g/mol. The highest BCUT2D eigenvalue weighted by atomic mass is 15.2. The minimum Gasteiger partial charge on any atom is -0.329 e. The number of nitrogens with two attached hydrogens (primary N) is 1. The standard InChI is InChI=1S/C18H26N2/c1-13(2)14(3)20(4)18(12-19)17-10-9-15-7-5-6-8-16(15)11-17/h5-11,13-14,18H,12,19H2,1-4H3. The number of hydrogen-bond acceptors (Lipinski definition) is 2. The van der Waals surface area contributed by atoms with E-state index in [4.69, 9.17) is 5.73 Å². The maximum Gasteiger partial charge on any atom is 0.0470 e. The summed E-state index contributed by atoms with van der Waals surface area (Å²) in [5, 5.41) is 2.57. The van der Waals surface area contributed by atoms with Gasteiger partial charge in [0.1, 0.15) is 0 Å². The molecular formula is C18H26N2. The number of rotatable bonds is 5. The van der Waals surface area contributed by atoms with Gasteiger partial charge < -0.3 is 5.73 Å². The Hall–Kier alpha value is -1.38. The van der Waals surface area contributed by atoms with Gasteiger partial charge in [-0.1, -0.05) is 50.2 Å². The summed E-state index contributed by atoms with van der Waals surface area (Å²) in [6, 6.07) is 15.9. The molecule has 0 aliphatic rings. The summed E-state index contributed by atoms with van der Waals surface area (Å²) < 4.78 is 0. The average Bonchev–Trinajstić information content (AvgIpc) is 2.46. The highest BCUT2D eigenvalue weighted by molar-refractivity contribution is 5.83. The van der Waals surface area contributed by atoms with Crippen LogP contribution in [0.1, 0.15) is 32.4 Å². The summed E-state index contributed by atoms with van der Waals surface area (Å²) in [5.41, 5.74) is 7.35. The van der Waals surface area contributed by atoms with Gasteiger partial charge in [0.2, 0.25) is 0 Å². The Bertz CT molecular complexity index is 562. The van der Waals surface area contributed by atoms with Crippen LogP contribution in [0.4, 0.5) is 0 Å². The molecule has 0 heterocycles. The number of nitrogens with zero attached hydrogens (tertiary/aromatic N) is 1. The van der Waals surface area contributed by atoms with Crippen molar-refractivity contribution >= 4 is 10.8 Å². The molecule has 0 aromatic heterocycles. The van der Waals surface area contributed by atoms with E-state index in [1.165, 1.54) is 16.3 Å². The maximum atomic E-state index is 6.05. The van der Waals surface area contributed by atoms with Crippen LogP contribution in [0.5, 0.6) is 0 Å². The van der Waals surface area contributed by atoms with Gasteiger partial charge in [0, 0.05) is 18.6 Å². The molecular weight excluding hydrogens is 244 g/mol. The van der Waals surface area contributed by atoms with Crippen LogP contribution in [0.15, 0.2) is 42.5 Å². The summed E-state index contributed by atoms with van der Waals surface area (Å²) in [5.74, 6) is 0.620. The fraction of sp³-hybridized carbons (Fsp3) is 0.444. The second-order valence-electron chi connectivity index (χ2n) is 6.01. The van der Waals surface area contributed by atoms with E-state index >= 15 is 0 Å². The minimum atomic E-state index is 0.275. The van der Waals surface area contributed by atoms with Crippen molar-refractivity contribution in [1.82, 2.24) is 4.90 Å². The van der Waals surface area contributed by atoms with E-state index < -0.39 is 0 Å². The molecule has 2 rings (SSSR count). The van der Waals surface area contributed by atoms with Crippen molar-refractivity contribution in [3.8, 4) is 0 Å². The van der Waals surface area contributed by atoms with E-state index in [9.17, 15) is 0 Å². The lowest BCUT2D eigenvalue weighted by atomic mass is 9.97. The van der Waals surface area contributed by atoms with Gasteiger partial charge in [-0.15, -0.1) is 0 Å². The van der Waals surface area contributed by atoms with Gasteiger partial charge in [-0.05, 0) is 42.3 Å². The predicted octanol–water partition coefficient (Wildman–Crippen LogP) is 3.82. The first-order valence-corrected chi connectivity index (χ1v) is 7.45. The molecule has 2 aromatic carbocycles. The molecule has 2 atom stereocenters. The molecule has 0 spiro atoms.